The fourth-order valence-corrected chi connectivity index (χ4v) is 3.58. The normalized spacial score (nSPS) is 30.2. The average Bonchev–Trinajstić information content (AvgIpc) is 2.04. The number of rotatable bonds is 2. The van der Waals surface area contributed by atoms with Crippen LogP contribution in [0, 0.1) is 0 Å². The molecule has 1 aliphatic rings. The molecule has 1 rings (SSSR count). The van der Waals surface area contributed by atoms with Gasteiger partial charge in [0.25, 0.3) is 0 Å². The molecule has 70 valence electrons. The Morgan fingerprint density at radius 3 is 1.33 bits per heavy atom. The summed E-state index contributed by atoms with van der Waals surface area (Å²) >= 11 is 0. The maximum Gasteiger partial charge on any atom is 0.136 e. The van der Waals surface area contributed by atoms with E-state index in [-0.39, 0.29) is 0 Å². The van der Waals surface area contributed by atoms with Gasteiger partial charge in [-0.2, -0.15) is 0 Å². The van der Waals surface area contributed by atoms with Crippen LogP contribution in [0.2, 0.25) is 0 Å². The number of hydrogen-bond acceptors (Lipinski definition) is 0. The molecule has 2 heteroatoms. The molecule has 0 bridgehead atoms. The summed E-state index contributed by atoms with van der Waals surface area (Å²) in [5.41, 5.74) is 0. The molecule has 0 heterocycles. The summed E-state index contributed by atoms with van der Waals surface area (Å²) in [4.78, 5) is 0. The lowest BCUT2D eigenvalue weighted by Gasteiger charge is -2.18. The summed E-state index contributed by atoms with van der Waals surface area (Å²) in [5, 5.41) is 1.76. The van der Waals surface area contributed by atoms with E-state index >= 15 is 0 Å². The largest absolute Gasteiger partial charge is 0.136 e. The smallest absolute Gasteiger partial charge is 0.0317 e. The molecular formula is C10H20S2+2. The monoisotopic (exact) mass is 204 g/mol. The van der Waals surface area contributed by atoms with E-state index in [2.05, 4.69) is 37.2 Å². The second-order valence-electron chi connectivity index (χ2n) is 3.80. The zero-order valence-electron chi connectivity index (χ0n) is 8.54. The van der Waals surface area contributed by atoms with Crippen LogP contribution < -0.4 is 0 Å². The first-order chi connectivity index (χ1) is 5.61. The third kappa shape index (κ3) is 2.74. The van der Waals surface area contributed by atoms with E-state index in [1.165, 1.54) is 12.8 Å². The van der Waals surface area contributed by atoms with Crippen molar-refractivity contribution in [3.05, 3.63) is 12.2 Å². The van der Waals surface area contributed by atoms with Gasteiger partial charge in [0.15, 0.2) is 0 Å². The molecule has 12 heavy (non-hydrogen) atoms. The minimum atomic E-state index is 0.586. The minimum absolute atomic E-state index is 0.586. The highest BCUT2D eigenvalue weighted by atomic mass is 32.2. The number of hydrogen-bond donors (Lipinski definition) is 0. The quantitative estimate of drug-likeness (QED) is 0.475. The van der Waals surface area contributed by atoms with Crippen molar-refractivity contribution in [2.45, 2.75) is 23.3 Å². The van der Waals surface area contributed by atoms with Crippen LogP contribution in [0.3, 0.4) is 0 Å². The Bertz CT molecular complexity index is 143. The summed E-state index contributed by atoms with van der Waals surface area (Å²) in [5.74, 6) is 0. The van der Waals surface area contributed by atoms with Crippen molar-refractivity contribution < 1.29 is 0 Å². The van der Waals surface area contributed by atoms with Crippen LogP contribution >= 0.6 is 0 Å². The molecule has 0 fully saturated rings. The predicted molar refractivity (Wildman–Crippen MR) is 64.4 cm³/mol. The third-order valence-electron chi connectivity index (χ3n) is 2.49. The molecule has 0 aromatic rings. The first-order valence-electron chi connectivity index (χ1n) is 4.42. The van der Waals surface area contributed by atoms with Gasteiger partial charge < -0.3 is 0 Å². The molecule has 0 saturated heterocycles. The molecule has 0 aromatic carbocycles. The zero-order valence-corrected chi connectivity index (χ0v) is 10.2. The molecule has 0 aromatic heterocycles. The van der Waals surface area contributed by atoms with E-state index in [0.717, 1.165) is 10.5 Å². The van der Waals surface area contributed by atoms with Gasteiger partial charge in [0.2, 0.25) is 0 Å². The first kappa shape index (κ1) is 10.5. The molecule has 0 radical (unpaired) electrons. The zero-order chi connectivity index (χ0) is 9.14. The molecule has 0 saturated carbocycles. The van der Waals surface area contributed by atoms with Crippen molar-refractivity contribution in [2.24, 2.45) is 0 Å². The Labute approximate surface area is 82.5 Å². The lowest BCUT2D eigenvalue weighted by molar-refractivity contribution is 0.747. The van der Waals surface area contributed by atoms with Gasteiger partial charge in [0, 0.05) is 12.8 Å². The van der Waals surface area contributed by atoms with Crippen LogP contribution in [-0.2, 0) is 21.8 Å². The van der Waals surface area contributed by atoms with Crippen LogP contribution in [0.1, 0.15) is 12.8 Å². The average molecular weight is 204 g/mol. The molecule has 2 unspecified atom stereocenters. The topological polar surface area (TPSA) is 0 Å². The highest BCUT2D eigenvalue weighted by Crippen LogP contribution is 2.21. The van der Waals surface area contributed by atoms with Crippen LogP contribution in [-0.4, -0.2) is 35.5 Å². The van der Waals surface area contributed by atoms with Gasteiger partial charge in [0.1, 0.15) is 10.5 Å². The van der Waals surface area contributed by atoms with E-state index in [4.69, 9.17) is 0 Å². The fraction of sp³-hybridized carbons (Fsp3) is 0.800. The van der Waals surface area contributed by atoms with Gasteiger partial charge in [-0.15, -0.1) is 0 Å². The first-order valence-corrected chi connectivity index (χ1v) is 8.63. The second-order valence-corrected chi connectivity index (χ2v) is 8.53. The Balaban J connectivity index is 2.47. The summed E-state index contributed by atoms with van der Waals surface area (Å²) in [6, 6.07) is 0. The SMILES string of the molecule is C[S+](C)C1C=CC([S+](C)C)CC1. The van der Waals surface area contributed by atoms with Crippen LogP contribution in [0.5, 0.6) is 0 Å². The van der Waals surface area contributed by atoms with Crippen LogP contribution in [0.15, 0.2) is 12.2 Å². The molecule has 0 N–H and O–H groups in total. The van der Waals surface area contributed by atoms with Gasteiger partial charge >= 0.3 is 0 Å². The van der Waals surface area contributed by atoms with E-state index in [0.29, 0.717) is 21.8 Å². The molecule has 2 atom stereocenters. The van der Waals surface area contributed by atoms with E-state index in [9.17, 15) is 0 Å². The maximum absolute atomic E-state index is 2.46. The van der Waals surface area contributed by atoms with Gasteiger partial charge in [-0.05, 0) is 33.9 Å². The Morgan fingerprint density at radius 1 is 0.833 bits per heavy atom. The third-order valence-corrected chi connectivity index (χ3v) is 5.69. The summed E-state index contributed by atoms with van der Waals surface area (Å²) in [7, 11) is 1.17. The standard InChI is InChI=1S/C10H20S2/c1-11(2)9-5-7-10(8-6-9)12(3)4/h5,7,9-10H,6,8H2,1-4H3/q+2. The van der Waals surface area contributed by atoms with Gasteiger partial charge in [-0.3, -0.25) is 0 Å². The molecule has 1 aliphatic carbocycles. The van der Waals surface area contributed by atoms with Crippen molar-refractivity contribution in [1.29, 1.82) is 0 Å². The van der Waals surface area contributed by atoms with Gasteiger partial charge in [-0.1, -0.05) is 0 Å². The molecule has 0 amide bonds. The molecule has 0 aliphatic heterocycles. The summed E-state index contributed by atoms with van der Waals surface area (Å²) in [6.45, 7) is 0. The predicted octanol–water partition coefficient (Wildman–Crippen LogP) is 1.83. The maximum atomic E-state index is 2.46. The van der Waals surface area contributed by atoms with E-state index < -0.39 is 0 Å². The summed E-state index contributed by atoms with van der Waals surface area (Å²) < 4.78 is 0. The fourth-order valence-electron chi connectivity index (χ4n) is 1.55. The van der Waals surface area contributed by atoms with Crippen molar-refractivity contribution in [3.63, 3.8) is 0 Å². The highest BCUT2D eigenvalue weighted by Gasteiger charge is 2.28. The molecule has 0 spiro atoms. The van der Waals surface area contributed by atoms with E-state index in [1.54, 1.807) is 0 Å². The highest BCUT2D eigenvalue weighted by molar-refractivity contribution is 7.96. The van der Waals surface area contributed by atoms with E-state index in [1.807, 2.05) is 0 Å². The molecule has 0 nitrogen and oxygen atoms in total. The van der Waals surface area contributed by atoms with Gasteiger partial charge in [-0.25, -0.2) is 0 Å². The van der Waals surface area contributed by atoms with Crippen LogP contribution in [0.4, 0.5) is 0 Å². The lowest BCUT2D eigenvalue weighted by atomic mass is 10.1. The Hall–Kier alpha value is 0.440. The summed E-state index contributed by atoms with van der Waals surface area (Å²) in [6.07, 6.45) is 17.2. The van der Waals surface area contributed by atoms with Gasteiger partial charge in [0.05, 0.1) is 25.0 Å². The Morgan fingerprint density at radius 2 is 1.17 bits per heavy atom. The van der Waals surface area contributed by atoms with Crippen molar-refractivity contribution >= 4 is 21.8 Å². The second kappa shape index (κ2) is 4.61. The lowest BCUT2D eigenvalue weighted by Crippen LogP contribution is -2.27. The van der Waals surface area contributed by atoms with Crippen molar-refractivity contribution in [2.75, 3.05) is 25.0 Å². The minimum Gasteiger partial charge on any atom is -0.0317 e. The van der Waals surface area contributed by atoms with Crippen LogP contribution in [0.25, 0.3) is 0 Å². The molecular weight excluding hydrogens is 184 g/mol. The Kier molecular flexibility index (Phi) is 4.04. The van der Waals surface area contributed by atoms with Crippen molar-refractivity contribution in [1.82, 2.24) is 0 Å². The van der Waals surface area contributed by atoms with Crippen molar-refractivity contribution in [3.8, 4) is 0 Å².